The van der Waals surface area contributed by atoms with Gasteiger partial charge >= 0.3 is 0 Å². The Bertz CT molecular complexity index is 279. The predicted octanol–water partition coefficient (Wildman–Crippen LogP) is -1.05. The molecule has 19 heavy (non-hydrogen) atoms. The maximum Gasteiger partial charge on any atom is 0.186 e. The zero-order valence-corrected chi connectivity index (χ0v) is 11.1. The van der Waals surface area contributed by atoms with Crippen molar-refractivity contribution in [2.24, 2.45) is 5.73 Å². The first kappa shape index (κ1) is 15.1. The SMILES string of the molecule is CCCC(O)[C@@H](N)COC1OC2COC2OC1CO. The Hall–Kier alpha value is -0.280. The van der Waals surface area contributed by atoms with Crippen LogP contribution in [0.25, 0.3) is 0 Å². The Morgan fingerprint density at radius 2 is 2.21 bits per heavy atom. The first-order valence-electron chi connectivity index (χ1n) is 6.74. The molecule has 2 aliphatic rings. The predicted molar refractivity (Wildman–Crippen MR) is 65.2 cm³/mol. The number of fused-ring (bicyclic) bond motifs is 1. The molecular weight excluding hydrogens is 254 g/mol. The lowest BCUT2D eigenvalue weighted by Gasteiger charge is -2.46. The van der Waals surface area contributed by atoms with Crippen molar-refractivity contribution in [3.05, 3.63) is 0 Å². The van der Waals surface area contributed by atoms with E-state index >= 15 is 0 Å². The molecule has 2 aliphatic heterocycles. The van der Waals surface area contributed by atoms with E-state index in [-0.39, 0.29) is 19.3 Å². The molecule has 112 valence electrons. The third-order valence-corrected chi connectivity index (χ3v) is 3.36. The van der Waals surface area contributed by atoms with E-state index in [1.807, 2.05) is 6.92 Å². The molecule has 5 unspecified atom stereocenters. The van der Waals surface area contributed by atoms with Gasteiger partial charge in [0.2, 0.25) is 0 Å². The number of hydrogen-bond acceptors (Lipinski definition) is 7. The van der Waals surface area contributed by atoms with E-state index < -0.39 is 30.8 Å². The van der Waals surface area contributed by atoms with Crippen LogP contribution in [0.2, 0.25) is 0 Å². The van der Waals surface area contributed by atoms with E-state index in [1.165, 1.54) is 0 Å². The van der Waals surface area contributed by atoms with Crippen molar-refractivity contribution in [1.82, 2.24) is 0 Å². The lowest BCUT2D eigenvalue weighted by molar-refractivity contribution is -0.407. The van der Waals surface area contributed by atoms with Gasteiger partial charge in [-0.25, -0.2) is 0 Å². The van der Waals surface area contributed by atoms with Crippen LogP contribution in [0.15, 0.2) is 0 Å². The smallest absolute Gasteiger partial charge is 0.186 e. The Kier molecular flexibility index (Phi) is 5.52. The normalized spacial score (nSPS) is 37.3. The molecule has 2 fully saturated rings. The third kappa shape index (κ3) is 3.63. The van der Waals surface area contributed by atoms with Crippen molar-refractivity contribution in [3.63, 3.8) is 0 Å². The van der Waals surface area contributed by atoms with E-state index in [0.717, 1.165) is 6.42 Å². The van der Waals surface area contributed by atoms with E-state index in [4.69, 9.17) is 24.7 Å². The van der Waals surface area contributed by atoms with E-state index in [9.17, 15) is 10.2 Å². The molecule has 6 atom stereocenters. The van der Waals surface area contributed by atoms with Crippen LogP contribution >= 0.6 is 0 Å². The summed E-state index contributed by atoms with van der Waals surface area (Å²) in [5, 5.41) is 19.0. The molecule has 0 saturated carbocycles. The number of rotatable bonds is 7. The van der Waals surface area contributed by atoms with E-state index in [2.05, 4.69) is 0 Å². The number of ether oxygens (including phenoxy) is 4. The highest BCUT2D eigenvalue weighted by Crippen LogP contribution is 2.28. The molecule has 2 heterocycles. The molecule has 0 aromatic rings. The Morgan fingerprint density at radius 3 is 2.79 bits per heavy atom. The van der Waals surface area contributed by atoms with Crippen LogP contribution in [0.1, 0.15) is 19.8 Å². The highest BCUT2D eigenvalue weighted by molar-refractivity contribution is 4.82. The van der Waals surface area contributed by atoms with Crippen LogP contribution in [0.4, 0.5) is 0 Å². The van der Waals surface area contributed by atoms with Crippen molar-refractivity contribution in [2.75, 3.05) is 19.8 Å². The molecule has 2 rings (SSSR count). The topological polar surface area (TPSA) is 103 Å². The van der Waals surface area contributed by atoms with Gasteiger partial charge in [-0.15, -0.1) is 0 Å². The quantitative estimate of drug-likeness (QED) is 0.545. The minimum atomic E-state index is -0.671. The summed E-state index contributed by atoms with van der Waals surface area (Å²) in [6.45, 7) is 2.38. The minimum Gasteiger partial charge on any atom is -0.393 e. The number of aliphatic hydroxyl groups excluding tert-OH is 2. The average molecular weight is 277 g/mol. The van der Waals surface area contributed by atoms with Crippen LogP contribution in [0.3, 0.4) is 0 Å². The summed E-state index contributed by atoms with van der Waals surface area (Å²) in [6.07, 6.45) is -0.915. The molecule has 0 radical (unpaired) electrons. The van der Waals surface area contributed by atoms with Crippen LogP contribution in [-0.4, -0.2) is 67.0 Å². The van der Waals surface area contributed by atoms with Gasteiger partial charge in [0.25, 0.3) is 0 Å². The monoisotopic (exact) mass is 277 g/mol. The highest BCUT2D eigenvalue weighted by atomic mass is 16.8. The van der Waals surface area contributed by atoms with Gasteiger partial charge in [0.05, 0.1) is 32.0 Å². The van der Waals surface area contributed by atoms with Crippen LogP contribution in [-0.2, 0) is 18.9 Å². The summed E-state index contributed by atoms with van der Waals surface area (Å²) in [7, 11) is 0. The first-order chi connectivity index (χ1) is 9.15. The second kappa shape index (κ2) is 6.94. The van der Waals surface area contributed by atoms with Gasteiger partial charge in [-0.1, -0.05) is 13.3 Å². The van der Waals surface area contributed by atoms with Gasteiger partial charge < -0.3 is 34.9 Å². The molecule has 0 spiro atoms. The summed E-state index contributed by atoms with van der Waals surface area (Å²) < 4.78 is 21.7. The van der Waals surface area contributed by atoms with E-state index in [0.29, 0.717) is 13.0 Å². The molecule has 0 aliphatic carbocycles. The first-order valence-corrected chi connectivity index (χ1v) is 6.74. The number of hydrogen-bond donors (Lipinski definition) is 3. The fourth-order valence-corrected chi connectivity index (χ4v) is 2.08. The van der Waals surface area contributed by atoms with Gasteiger partial charge in [0.15, 0.2) is 12.6 Å². The largest absolute Gasteiger partial charge is 0.393 e. The summed E-state index contributed by atoms with van der Waals surface area (Å²) >= 11 is 0. The summed E-state index contributed by atoms with van der Waals surface area (Å²) in [4.78, 5) is 0. The minimum absolute atomic E-state index is 0.149. The number of aliphatic hydroxyl groups is 2. The summed E-state index contributed by atoms with van der Waals surface area (Å²) in [5.74, 6) is 0. The molecule has 0 bridgehead atoms. The van der Waals surface area contributed by atoms with Gasteiger partial charge in [-0.3, -0.25) is 0 Å². The van der Waals surface area contributed by atoms with Gasteiger partial charge in [-0.2, -0.15) is 0 Å². The van der Waals surface area contributed by atoms with Gasteiger partial charge in [-0.05, 0) is 6.42 Å². The maximum atomic E-state index is 9.73. The fourth-order valence-electron chi connectivity index (χ4n) is 2.08. The average Bonchev–Trinajstić information content (AvgIpc) is 2.38. The van der Waals surface area contributed by atoms with Gasteiger partial charge in [0, 0.05) is 0 Å². The van der Waals surface area contributed by atoms with Crippen LogP contribution in [0, 0.1) is 0 Å². The van der Waals surface area contributed by atoms with Crippen LogP contribution in [0.5, 0.6) is 0 Å². The molecule has 7 heteroatoms. The second-order valence-corrected chi connectivity index (χ2v) is 4.95. The van der Waals surface area contributed by atoms with Crippen molar-refractivity contribution in [2.45, 2.75) is 56.7 Å². The molecule has 0 amide bonds. The molecule has 2 saturated heterocycles. The zero-order chi connectivity index (χ0) is 13.8. The van der Waals surface area contributed by atoms with Crippen molar-refractivity contribution in [3.8, 4) is 0 Å². The fraction of sp³-hybridized carbons (Fsp3) is 1.00. The molecular formula is C12H23NO6. The second-order valence-electron chi connectivity index (χ2n) is 4.95. The summed E-state index contributed by atoms with van der Waals surface area (Å²) in [6, 6.07) is -0.474. The Balaban J connectivity index is 1.77. The molecule has 4 N–H and O–H groups in total. The molecule has 0 aromatic carbocycles. The molecule has 7 nitrogen and oxygen atoms in total. The molecule has 0 aromatic heterocycles. The summed E-state index contributed by atoms with van der Waals surface area (Å²) in [5.41, 5.74) is 5.82. The lowest BCUT2D eigenvalue weighted by Crippen LogP contribution is -2.60. The third-order valence-electron chi connectivity index (χ3n) is 3.36. The van der Waals surface area contributed by atoms with Crippen molar-refractivity contribution >= 4 is 0 Å². The Labute approximate surface area is 112 Å². The van der Waals surface area contributed by atoms with Gasteiger partial charge in [0.1, 0.15) is 12.2 Å². The maximum absolute atomic E-state index is 9.73. The standard InChI is InChI=1S/C12H23NO6/c1-2-3-8(15)7(13)5-16-11-9(4-14)18-12-10(19-11)6-17-12/h7-12,14-15H,2-6,13H2,1H3/t7-,8?,9?,10?,11?,12?/m0/s1. The lowest BCUT2D eigenvalue weighted by atomic mass is 10.1. The number of nitrogens with two attached hydrogens (primary N) is 1. The highest BCUT2D eigenvalue weighted by Gasteiger charge is 2.45. The van der Waals surface area contributed by atoms with Crippen molar-refractivity contribution in [1.29, 1.82) is 0 Å². The van der Waals surface area contributed by atoms with E-state index in [1.54, 1.807) is 0 Å². The van der Waals surface area contributed by atoms with Crippen molar-refractivity contribution < 1.29 is 29.2 Å². The van der Waals surface area contributed by atoms with Crippen LogP contribution < -0.4 is 5.73 Å². The zero-order valence-electron chi connectivity index (χ0n) is 11.1. The Morgan fingerprint density at radius 1 is 1.42 bits per heavy atom.